The van der Waals surface area contributed by atoms with Gasteiger partial charge in [0.2, 0.25) is 5.91 Å². The van der Waals surface area contributed by atoms with Crippen LogP contribution in [0.15, 0.2) is 29.4 Å². The van der Waals surface area contributed by atoms with Crippen LogP contribution >= 0.6 is 24.0 Å². The Balaban J connectivity index is 0.00000264. The zero-order valence-corrected chi connectivity index (χ0v) is 16.1. The van der Waals surface area contributed by atoms with E-state index in [9.17, 15) is 4.79 Å². The zero-order valence-electron chi connectivity index (χ0n) is 13.8. The highest BCUT2D eigenvalue weighted by atomic mass is 127. The van der Waals surface area contributed by atoms with Gasteiger partial charge in [0, 0.05) is 38.3 Å². The van der Waals surface area contributed by atoms with Crippen LogP contribution in [0.1, 0.15) is 32.4 Å². The molecule has 23 heavy (non-hydrogen) atoms. The van der Waals surface area contributed by atoms with Crippen molar-refractivity contribution < 1.29 is 4.79 Å². The molecule has 0 saturated carbocycles. The maximum Gasteiger partial charge on any atom is 0.222 e. The third kappa shape index (κ3) is 6.32. The molecule has 1 unspecified atom stereocenters. The van der Waals surface area contributed by atoms with Gasteiger partial charge in [-0.25, -0.2) is 4.99 Å². The van der Waals surface area contributed by atoms with Crippen molar-refractivity contribution in [2.45, 2.75) is 39.3 Å². The van der Waals surface area contributed by atoms with Crippen LogP contribution in [0.25, 0.3) is 0 Å². The molecule has 1 amide bonds. The number of guanidine groups is 1. The van der Waals surface area contributed by atoms with Gasteiger partial charge >= 0.3 is 0 Å². The fourth-order valence-electron chi connectivity index (χ4n) is 2.49. The third-order valence-electron chi connectivity index (χ3n) is 3.65. The molecular formula is C16H26IN5O. The van der Waals surface area contributed by atoms with Gasteiger partial charge in [0.1, 0.15) is 0 Å². The average Bonchev–Trinajstić information content (AvgIpc) is 3.01. The Morgan fingerprint density at radius 2 is 2.26 bits per heavy atom. The molecule has 2 heterocycles. The van der Waals surface area contributed by atoms with Crippen LogP contribution in [0.2, 0.25) is 0 Å². The van der Waals surface area contributed by atoms with E-state index < -0.39 is 0 Å². The van der Waals surface area contributed by atoms with E-state index in [1.165, 1.54) is 0 Å². The summed E-state index contributed by atoms with van der Waals surface area (Å²) in [4.78, 5) is 22.5. The van der Waals surface area contributed by atoms with E-state index in [-0.39, 0.29) is 35.9 Å². The van der Waals surface area contributed by atoms with E-state index in [0.717, 1.165) is 37.7 Å². The van der Waals surface area contributed by atoms with Crippen molar-refractivity contribution in [3.63, 3.8) is 0 Å². The number of carbonyl (C=O) groups excluding carboxylic acids is 1. The number of rotatable bonds is 5. The Labute approximate surface area is 155 Å². The summed E-state index contributed by atoms with van der Waals surface area (Å²) in [5.41, 5.74) is 0.939. The maximum absolute atomic E-state index is 11.7. The molecule has 2 rings (SSSR count). The summed E-state index contributed by atoms with van der Waals surface area (Å²) in [7, 11) is 0. The minimum atomic E-state index is 0. The summed E-state index contributed by atoms with van der Waals surface area (Å²) < 4.78 is 0. The molecule has 1 aromatic heterocycles. The van der Waals surface area contributed by atoms with Gasteiger partial charge in [-0.1, -0.05) is 13.0 Å². The maximum atomic E-state index is 11.7. The summed E-state index contributed by atoms with van der Waals surface area (Å²) in [6.45, 7) is 6.87. The van der Waals surface area contributed by atoms with E-state index in [1.54, 1.807) is 6.20 Å². The van der Waals surface area contributed by atoms with Crippen LogP contribution in [-0.4, -0.2) is 47.4 Å². The van der Waals surface area contributed by atoms with Crippen LogP contribution < -0.4 is 10.6 Å². The molecule has 0 spiro atoms. The zero-order chi connectivity index (χ0) is 15.8. The number of halogens is 1. The first-order valence-corrected chi connectivity index (χ1v) is 7.95. The molecule has 0 aliphatic carbocycles. The number of aromatic nitrogens is 1. The van der Waals surface area contributed by atoms with Crippen LogP contribution in [0.4, 0.5) is 0 Å². The number of carbonyl (C=O) groups is 1. The van der Waals surface area contributed by atoms with Crippen molar-refractivity contribution >= 4 is 35.8 Å². The second-order valence-corrected chi connectivity index (χ2v) is 5.34. The van der Waals surface area contributed by atoms with Gasteiger partial charge in [-0.05, 0) is 25.5 Å². The number of amides is 1. The number of pyridine rings is 1. The SMILES string of the molecule is CCNC(=NCc1ccccn1)NC1CCN(C(=O)CC)C1.I. The summed E-state index contributed by atoms with van der Waals surface area (Å²) in [6.07, 6.45) is 3.30. The fourth-order valence-corrected chi connectivity index (χ4v) is 2.49. The van der Waals surface area contributed by atoms with Gasteiger partial charge < -0.3 is 15.5 Å². The Morgan fingerprint density at radius 1 is 1.43 bits per heavy atom. The van der Waals surface area contributed by atoms with E-state index >= 15 is 0 Å². The second kappa shape index (κ2) is 10.4. The number of aliphatic imine (C=N–C) groups is 1. The largest absolute Gasteiger partial charge is 0.357 e. The lowest BCUT2D eigenvalue weighted by Gasteiger charge is -2.18. The molecule has 7 heteroatoms. The Kier molecular flexibility index (Phi) is 8.90. The van der Waals surface area contributed by atoms with Crippen LogP contribution in [0.5, 0.6) is 0 Å². The molecule has 0 aromatic carbocycles. The van der Waals surface area contributed by atoms with Crippen molar-refractivity contribution in [3.05, 3.63) is 30.1 Å². The molecule has 0 radical (unpaired) electrons. The predicted octanol–water partition coefficient (Wildman–Crippen LogP) is 1.77. The standard InChI is InChI=1S/C16H25N5O.HI/c1-3-15(22)21-10-8-14(12-21)20-16(17-4-2)19-11-13-7-5-6-9-18-13;/h5-7,9,14H,3-4,8,10-12H2,1-2H3,(H2,17,19,20);1H. The van der Waals surface area contributed by atoms with Crippen molar-refractivity contribution in [1.82, 2.24) is 20.5 Å². The minimum Gasteiger partial charge on any atom is -0.357 e. The molecule has 1 aromatic rings. The van der Waals surface area contributed by atoms with Gasteiger partial charge in [0.05, 0.1) is 12.2 Å². The fraction of sp³-hybridized carbons (Fsp3) is 0.562. The first kappa shape index (κ1) is 19.7. The van der Waals surface area contributed by atoms with E-state index in [0.29, 0.717) is 13.0 Å². The lowest BCUT2D eigenvalue weighted by molar-refractivity contribution is -0.129. The van der Waals surface area contributed by atoms with Crippen molar-refractivity contribution in [1.29, 1.82) is 0 Å². The molecule has 6 nitrogen and oxygen atoms in total. The van der Waals surface area contributed by atoms with Gasteiger partial charge in [0.25, 0.3) is 0 Å². The van der Waals surface area contributed by atoms with Crippen LogP contribution in [-0.2, 0) is 11.3 Å². The molecule has 2 N–H and O–H groups in total. The highest BCUT2D eigenvalue weighted by Crippen LogP contribution is 2.10. The van der Waals surface area contributed by atoms with E-state index in [1.807, 2.05) is 36.9 Å². The summed E-state index contributed by atoms with van der Waals surface area (Å²) in [6, 6.07) is 6.08. The highest BCUT2D eigenvalue weighted by molar-refractivity contribution is 14.0. The molecule has 1 aliphatic heterocycles. The molecule has 1 fully saturated rings. The highest BCUT2D eigenvalue weighted by Gasteiger charge is 2.25. The van der Waals surface area contributed by atoms with Gasteiger partial charge in [-0.3, -0.25) is 9.78 Å². The van der Waals surface area contributed by atoms with E-state index in [4.69, 9.17) is 0 Å². The van der Waals surface area contributed by atoms with Gasteiger partial charge in [-0.15, -0.1) is 24.0 Å². The summed E-state index contributed by atoms with van der Waals surface area (Å²) >= 11 is 0. The number of hydrogen-bond acceptors (Lipinski definition) is 3. The lowest BCUT2D eigenvalue weighted by atomic mass is 10.3. The van der Waals surface area contributed by atoms with Gasteiger partial charge in [-0.2, -0.15) is 0 Å². The molecule has 0 bridgehead atoms. The van der Waals surface area contributed by atoms with Crippen molar-refractivity contribution in [2.24, 2.45) is 4.99 Å². The van der Waals surface area contributed by atoms with Crippen molar-refractivity contribution in [2.75, 3.05) is 19.6 Å². The molecular weight excluding hydrogens is 405 g/mol. The smallest absolute Gasteiger partial charge is 0.222 e. The van der Waals surface area contributed by atoms with Gasteiger partial charge in [0.15, 0.2) is 5.96 Å². The predicted molar refractivity (Wildman–Crippen MR) is 103 cm³/mol. The second-order valence-electron chi connectivity index (χ2n) is 5.34. The number of likely N-dealkylation sites (tertiary alicyclic amines) is 1. The molecule has 1 atom stereocenters. The van der Waals surface area contributed by atoms with Crippen LogP contribution in [0, 0.1) is 0 Å². The molecule has 1 aliphatic rings. The number of nitrogens with zero attached hydrogens (tertiary/aromatic N) is 3. The Hall–Kier alpha value is -1.38. The minimum absolute atomic E-state index is 0. The lowest BCUT2D eigenvalue weighted by Crippen LogP contribution is -2.45. The summed E-state index contributed by atoms with van der Waals surface area (Å²) in [5.74, 6) is 1.00. The monoisotopic (exact) mass is 431 g/mol. The Bertz CT molecular complexity index is 508. The topological polar surface area (TPSA) is 69.6 Å². The first-order chi connectivity index (χ1) is 10.7. The number of nitrogens with one attached hydrogen (secondary N) is 2. The number of hydrogen-bond donors (Lipinski definition) is 2. The molecule has 128 valence electrons. The summed E-state index contributed by atoms with van der Waals surface area (Å²) in [5, 5.41) is 6.66. The molecule has 1 saturated heterocycles. The van der Waals surface area contributed by atoms with Crippen LogP contribution in [0.3, 0.4) is 0 Å². The third-order valence-corrected chi connectivity index (χ3v) is 3.65. The normalized spacial score (nSPS) is 17.6. The quantitative estimate of drug-likeness (QED) is 0.424. The Morgan fingerprint density at radius 3 is 2.91 bits per heavy atom. The first-order valence-electron chi connectivity index (χ1n) is 7.95. The average molecular weight is 431 g/mol. The van der Waals surface area contributed by atoms with Crippen molar-refractivity contribution in [3.8, 4) is 0 Å². The van der Waals surface area contributed by atoms with E-state index in [2.05, 4.69) is 20.6 Å².